The number of amides is 1. The Kier molecular flexibility index (Phi) is 4.39. The Bertz CT molecular complexity index is 517. The summed E-state index contributed by atoms with van der Waals surface area (Å²) in [4.78, 5) is 29.7. The summed E-state index contributed by atoms with van der Waals surface area (Å²) in [6, 6.07) is 0. The van der Waals surface area contributed by atoms with Crippen LogP contribution in [0.2, 0.25) is 0 Å². The first kappa shape index (κ1) is 14.9. The second kappa shape index (κ2) is 5.88. The summed E-state index contributed by atoms with van der Waals surface area (Å²) in [7, 11) is 0. The minimum Gasteiger partial charge on any atom is -0.481 e. The molecule has 7 heteroatoms. The molecule has 1 aromatic rings. The molecule has 6 nitrogen and oxygen atoms in total. The van der Waals surface area contributed by atoms with Crippen molar-refractivity contribution in [2.75, 3.05) is 13.1 Å². The van der Waals surface area contributed by atoms with Gasteiger partial charge in [-0.2, -0.15) is 0 Å². The van der Waals surface area contributed by atoms with E-state index in [1.807, 2.05) is 6.92 Å². The van der Waals surface area contributed by atoms with Crippen LogP contribution in [0, 0.1) is 5.41 Å². The van der Waals surface area contributed by atoms with Crippen LogP contribution in [-0.2, 0) is 11.3 Å². The molecule has 0 bridgehead atoms. The number of carbonyl (C=O) groups is 2. The van der Waals surface area contributed by atoms with Gasteiger partial charge in [-0.25, -0.2) is 4.98 Å². The molecule has 0 aliphatic carbocycles. The third kappa shape index (κ3) is 2.69. The zero-order valence-corrected chi connectivity index (χ0v) is 12.3. The van der Waals surface area contributed by atoms with Crippen molar-refractivity contribution in [1.82, 2.24) is 9.88 Å². The first-order valence-corrected chi connectivity index (χ1v) is 7.57. The SMILES string of the molecule is CCC1(C(=O)O)CCCN(C(=O)c2csc(CN)n2)C1. The summed E-state index contributed by atoms with van der Waals surface area (Å²) in [5.41, 5.74) is 5.04. The van der Waals surface area contributed by atoms with Gasteiger partial charge in [-0.05, 0) is 19.3 Å². The Morgan fingerprint density at radius 1 is 1.60 bits per heavy atom. The van der Waals surface area contributed by atoms with Crippen LogP contribution < -0.4 is 5.73 Å². The Hall–Kier alpha value is -1.47. The maximum absolute atomic E-state index is 12.4. The van der Waals surface area contributed by atoms with E-state index >= 15 is 0 Å². The quantitative estimate of drug-likeness (QED) is 0.873. The molecule has 1 aromatic heterocycles. The lowest BCUT2D eigenvalue weighted by Gasteiger charge is -2.39. The van der Waals surface area contributed by atoms with Crippen LogP contribution in [-0.4, -0.2) is 40.0 Å². The number of carbonyl (C=O) groups excluding carboxylic acids is 1. The maximum atomic E-state index is 12.4. The smallest absolute Gasteiger partial charge is 0.311 e. The van der Waals surface area contributed by atoms with Gasteiger partial charge in [0.05, 0.1) is 5.41 Å². The lowest BCUT2D eigenvalue weighted by molar-refractivity contribution is -0.152. The van der Waals surface area contributed by atoms with Crippen molar-refractivity contribution in [3.05, 3.63) is 16.1 Å². The van der Waals surface area contributed by atoms with Crippen LogP contribution in [0.3, 0.4) is 0 Å². The van der Waals surface area contributed by atoms with Crippen molar-refractivity contribution in [1.29, 1.82) is 0 Å². The number of piperidine rings is 1. The molecule has 0 aromatic carbocycles. The molecule has 1 amide bonds. The molecule has 1 unspecified atom stereocenters. The van der Waals surface area contributed by atoms with Gasteiger partial charge in [0.1, 0.15) is 10.7 Å². The number of nitrogens with zero attached hydrogens (tertiary/aromatic N) is 2. The average Bonchev–Trinajstić information content (AvgIpc) is 2.95. The van der Waals surface area contributed by atoms with Gasteiger partial charge in [-0.1, -0.05) is 6.92 Å². The summed E-state index contributed by atoms with van der Waals surface area (Å²) in [5, 5.41) is 11.8. The predicted octanol–water partition coefficient (Wildman–Crippen LogP) is 1.32. The van der Waals surface area contributed by atoms with Crippen LogP contribution in [0.5, 0.6) is 0 Å². The summed E-state index contributed by atoms with van der Waals surface area (Å²) in [6.07, 6.45) is 1.85. The molecule has 0 spiro atoms. The molecule has 1 aliphatic rings. The average molecular weight is 297 g/mol. The van der Waals surface area contributed by atoms with Gasteiger partial charge in [0, 0.05) is 25.0 Å². The zero-order chi connectivity index (χ0) is 14.8. The van der Waals surface area contributed by atoms with E-state index in [0.717, 1.165) is 0 Å². The zero-order valence-electron chi connectivity index (χ0n) is 11.5. The third-order valence-electron chi connectivity index (χ3n) is 3.94. The van der Waals surface area contributed by atoms with Gasteiger partial charge in [0.2, 0.25) is 0 Å². The highest BCUT2D eigenvalue weighted by molar-refractivity contribution is 7.09. The third-order valence-corrected chi connectivity index (χ3v) is 4.81. The normalized spacial score (nSPS) is 22.8. The standard InChI is InChI=1S/C13H19N3O3S/c1-2-13(12(18)19)4-3-5-16(8-13)11(17)9-7-20-10(6-14)15-9/h7H,2-6,8,14H2,1H3,(H,18,19). The molecule has 1 aliphatic heterocycles. The maximum Gasteiger partial charge on any atom is 0.311 e. The molecule has 1 atom stereocenters. The van der Waals surface area contributed by atoms with E-state index in [0.29, 0.717) is 43.1 Å². The summed E-state index contributed by atoms with van der Waals surface area (Å²) in [5.74, 6) is -1.02. The molecule has 2 rings (SSSR count). The first-order chi connectivity index (χ1) is 9.52. The Morgan fingerprint density at radius 2 is 2.35 bits per heavy atom. The topological polar surface area (TPSA) is 96.5 Å². The highest BCUT2D eigenvalue weighted by atomic mass is 32.1. The van der Waals surface area contributed by atoms with Crippen LogP contribution in [0.25, 0.3) is 0 Å². The number of carboxylic acid groups (broad SMARTS) is 1. The number of hydrogen-bond acceptors (Lipinski definition) is 5. The molecule has 0 saturated carbocycles. The molecular formula is C13H19N3O3S. The van der Waals surface area contributed by atoms with Gasteiger partial charge in [0.25, 0.3) is 5.91 Å². The van der Waals surface area contributed by atoms with Crippen LogP contribution in [0.1, 0.15) is 41.7 Å². The van der Waals surface area contributed by atoms with E-state index in [1.54, 1.807) is 10.3 Å². The molecule has 1 saturated heterocycles. The van der Waals surface area contributed by atoms with Crippen molar-refractivity contribution < 1.29 is 14.7 Å². The number of rotatable bonds is 4. The Labute approximate surface area is 121 Å². The highest BCUT2D eigenvalue weighted by Gasteiger charge is 2.42. The number of thiazole rings is 1. The van der Waals surface area contributed by atoms with Crippen LogP contribution in [0.4, 0.5) is 0 Å². The minimum atomic E-state index is -0.821. The molecule has 20 heavy (non-hydrogen) atoms. The van der Waals surface area contributed by atoms with Gasteiger partial charge in [-0.3, -0.25) is 9.59 Å². The molecule has 1 fully saturated rings. The number of aromatic nitrogens is 1. The fourth-order valence-electron chi connectivity index (χ4n) is 2.58. The second-order valence-electron chi connectivity index (χ2n) is 5.10. The molecule has 2 heterocycles. The molecule has 3 N–H and O–H groups in total. The fraction of sp³-hybridized carbons (Fsp3) is 0.615. The number of likely N-dealkylation sites (tertiary alicyclic amines) is 1. The van der Waals surface area contributed by atoms with Gasteiger partial charge >= 0.3 is 5.97 Å². The summed E-state index contributed by atoms with van der Waals surface area (Å²) < 4.78 is 0. The first-order valence-electron chi connectivity index (χ1n) is 6.69. The Balaban J connectivity index is 2.16. The van der Waals surface area contributed by atoms with Crippen molar-refractivity contribution in [3.8, 4) is 0 Å². The lowest BCUT2D eigenvalue weighted by Crippen LogP contribution is -2.49. The molecular weight excluding hydrogens is 278 g/mol. The second-order valence-corrected chi connectivity index (χ2v) is 6.04. The predicted molar refractivity (Wildman–Crippen MR) is 75.5 cm³/mol. The van der Waals surface area contributed by atoms with E-state index in [1.165, 1.54) is 11.3 Å². The lowest BCUT2D eigenvalue weighted by atomic mass is 9.77. The van der Waals surface area contributed by atoms with E-state index in [2.05, 4.69) is 4.98 Å². The van der Waals surface area contributed by atoms with Crippen LogP contribution >= 0.6 is 11.3 Å². The monoisotopic (exact) mass is 297 g/mol. The number of nitrogens with two attached hydrogens (primary N) is 1. The van der Waals surface area contributed by atoms with Gasteiger partial charge < -0.3 is 15.7 Å². The highest BCUT2D eigenvalue weighted by Crippen LogP contribution is 2.34. The number of carboxylic acids is 1. The van der Waals surface area contributed by atoms with Crippen molar-refractivity contribution >= 4 is 23.2 Å². The minimum absolute atomic E-state index is 0.195. The summed E-state index contributed by atoms with van der Waals surface area (Å²) in [6.45, 7) is 3.01. The van der Waals surface area contributed by atoms with Gasteiger partial charge in [0.15, 0.2) is 0 Å². The largest absolute Gasteiger partial charge is 0.481 e. The summed E-state index contributed by atoms with van der Waals surface area (Å²) >= 11 is 1.35. The van der Waals surface area contributed by atoms with Crippen molar-refractivity contribution in [3.63, 3.8) is 0 Å². The van der Waals surface area contributed by atoms with E-state index < -0.39 is 11.4 Å². The Morgan fingerprint density at radius 3 is 2.90 bits per heavy atom. The van der Waals surface area contributed by atoms with E-state index in [9.17, 15) is 14.7 Å². The van der Waals surface area contributed by atoms with Gasteiger partial charge in [-0.15, -0.1) is 11.3 Å². The van der Waals surface area contributed by atoms with E-state index in [4.69, 9.17) is 5.73 Å². The number of hydrogen-bond donors (Lipinski definition) is 2. The van der Waals surface area contributed by atoms with Crippen molar-refractivity contribution in [2.45, 2.75) is 32.7 Å². The van der Waals surface area contributed by atoms with E-state index in [-0.39, 0.29) is 12.5 Å². The number of aliphatic carboxylic acids is 1. The molecule has 110 valence electrons. The molecule has 0 radical (unpaired) electrons. The van der Waals surface area contributed by atoms with Crippen LogP contribution in [0.15, 0.2) is 5.38 Å². The van der Waals surface area contributed by atoms with Crippen molar-refractivity contribution in [2.24, 2.45) is 11.1 Å². The fourth-order valence-corrected chi connectivity index (χ4v) is 3.23.